The summed E-state index contributed by atoms with van der Waals surface area (Å²) in [7, 11) is 3.88. The van der Waals surface area contributed by atoms with Crippen molar-refractivity contribution < 1.29 is 9.59 Å². The third kappa shape index (κ3) is 3.45. The Balaban J connectivity index is 1.61. The Labute approximate surface area is 198 Å². The first-order valence-corrected chi connectivity index (χ1v) is 11.8. The highest BCUT2D eigenvalue weighted by atomic mass is 16.2. The van der Waals surface area contributed by atoms with E-state index in [2.05, 4.69) is 25.9 Å². The molecule has 1 fully saturated rings. The lowest BCUT2D eigenvalue weighted by molar-refractivity contribution is -0.135. The summed E-state index contributed by atoms with van der Waals surface area (Å²) in [5, 5.41) is 3.75. The van der Waals surface area contributed by atoms with E-state index in [0.717, 1.165) is 65.8 Å². The maximum atomic E-state index is 12.8. The number of likely N-dealkylation sites (tertiary alicyclic amines) is 1. The number of aromatic nitrogens is 3. The SMILES string of the molecule is CCC(=O)Nc1ccc(-c2c(C3=CC[C@@]4(CC3)CCN(C)C4=O)c3c(N)ncnc3n2C)cc1. The summed E-state index contributed by atoms with van der Waals surface area (Å²) < 4.78 is 2.06. The average Bonchev–Trinajstić information content (AvgIpc) is 3.30. The molecular weight excluding hydrogens is 428 g/mol. The quantitative estimate of drug-likeness (QED) is 0.615. The van der Waals surface area contributed by atoms with Crippen LogP contribution in [0.4, 0.5) is 11.5 Å². The number of allylic oxidation sites excluding steroid dienone is 2. The molecule has 176 valence electrons. The molecule has 3 N–H and O–H groups in total. The van der Waals surface area contributed by atoms with Gasteiger partial charge in [-0.2, -0.15) is 0 Å². The van der Waals surface area contributed by atoms with Crippen LogP contribution in [0.5, 0.6) is 0 Å². The number of nitrogens with two attached hydrogens (primary N) is 1. The van der Waals surface area contributed by atoms with Crippen LogP contribution in [0.15, 0.2) is 36.7 Å². The first-order chi connectivity index (χ1) is 16.3. The predicted molar refractivity (Wildman–Crippen MR) is 134 cm³/mol. The monoisotopic (exact) mass is 458 g/mol. The highest BCUT2D eigenvalue weighted by Crippen LogP contribution is 2.49. The number of hydrogen-bond acceptors (Lipinski definition) is 5. The highest BCUT2D eigenvalue weighted by molar-refractivity contribution is 6.04. The molecule has 0 unspecified atom stereocenters. The fourth-order valence-corrected chi connectivity index (χ4v) is 5.43. The number of carbonyl (C=O) groups excluding carboxylic acids is 2. The Kier molecular flexibility index (Phi) is 5.38. The number of amides is 2. The molecule has 1 aromatic carbocycles. The second-order valence-electron chi connectivity index (χ2n) is 9.41. The average molecular weight is 459 g/mol. The van der Waals surface area contributed by atoms with Crippen LogP contribution >= 0.6 is 0 Å². The number of benzene rings is 1. The molecule has 0 saturated carbocycles. The number of rotatable bonds is 4. The number of anilines is 2. The molecule has 34 heavy (non-hydrogen) atoms. The molecule has 0 radical (unpaired) electrons. The lowest BCUT2D eigenvalue weighted by Crippen LogP contribution is -2.33. The summed E-state index contributed by atoms with van der Waals surface area (Å²) in [5.41, 5.74) is 11.9. The molecular formula is C26H30N6O2. The standard InChI is InChI=1S/C26H30N6O2/c1-4-19(33)30-18-7-5-17(6-8-18)22-20(21-23(27)28-15-29-24(21)32(22)3)16-9-11-26(12-10-16)13-14-31(2)25(26)34/h5-9,15H,4,10-14H2,1-3H3,(H,30,33)(H2,27,28,29)/t26-/m1/s1. The third-order valence-corrected chi connectivity index (χ3v) is 7.42. The zero-order valence-electron chi connectivity index (χ0n) is 19.9. The molecule has 1 spiro atoms. The van der Waals surface area contributed by atoms with Crippen molar-refractivity contribution in [2.24, 2.45) is 12.5 Å². The number of fused-ring (bicyclic) bond motifs is 1. The Bertz CT molecular complexity index is 1320. The predicted octanol–water partition coefficient (Wildman–Crippen LogP) is 3.98. The van der Waals surface area contributed by atoms with Crippen molar-refractivity contribution >= 4 is 39.9 Å². The van der Waals surface area contributed by atoms with E-state index in [1.165, 1.54) is 11.9 Å². The van der Waals surface area contributed by atoms with E-state index in [1.54, 1.807) is 0 Å². The van der Waals surface area contributed by atoms with E-state index in [-0.39, 0.29) is 17.2 Å². The molecule has 5 rings (SSSR count). The van der Waals surface area contributed by atoms with Crippen LogP contribution in [0.1, 0.15) is 44.6 Å². The summed E-state index contributed by atoms with van der Waals surface area (Å²) in [6, 6.07) is 7.84. The lowest BCUT2D eigenvalue weighted by atomic mass is 9.72. The van der Waals surface area contributed by atoms with Gasteiger partial charge in [0, 0.05) is 38.3 Å². The molecule has 8 nitrogen and oxygen atoms in total. The molecule has 1 atom stereocenters. The van der Waals surface area contributed by atoms with Gasteiger partial charge >= 0.3 is 0 Å². The van der Waals surface area contributed by atoms with Gasteiger partial charge in [0.1, 0.15) is 17.8 Å². The van der Waals surface area contributed by atoms with E-state index in [1.807, 2.05) is 50.2 Å². The van der Waals surface area contributed by atoms with Crippen LogP contribution in [0, 0.1) is 5.41 Å². The minimum Gasteiger partial charge on any atom is -0.383 e. The van der Waals surface area contributed by atoms with Crippen LogP contribution in [0.2, 0.25) is 0 Å². The van der Waals surface area contributed by atoms with Gasteiger partial charge < -0.3 is 20.5 Å². The van der Waals surface area contributed by atoms with Gasteiger partial charge in [0.25, 0.3) is 0 Å². The molecule has 8 heteroatoms. The minimum absolute atomic E-state index is 0.0190. The van der Waals surface area contributed by atoms with Crippen LogP contribution in [0.25, 0.3) is 27.9 Å². The molecule has 2 aromatic heterocycles. The second kappa shape index (κ2) is 8.27. The Hall–Kier alpha value is -3.68. The van der Waals surface area contributed by atoms with Crippen LogP contribution < -0.4 is 11.1 Å². The Morgan fingerprint density at radius 1 is 1.18 bits per heavy atom. The number of hydrogen-bond donors (Lipinski definition) is 2. The van der Waals surface area contributed by atoms with Gasteiger partial charge in [0.15, 0.2) is 0 Å². The largest absolute Gasteiger partial charge is 0.383 e. The Morgan fingerprint density at radius 3 is 2.56 bits per heavy atom. The van der Waals surface area contributed by atoms with Crippen molar-refractivity contribution in [3.63, 3.8) is 0 Å². The van der Waals surface area contributed by atoms with Crippen LogP contribution in [-0.4, -0.2) is 44.8 Å². The number of nitrogens with zero attached hydrogens (tertiary/aromatic N) is 4. The highest BCUT2D eigenvalue weighted by Gasteiger charge is 2.45. The molecule has 0 bridgehead atoms. The zero-order chi connectivity index (χ0) is 24.0. The summed E-state index contributed by atoms with van der Waals surface area (Å²) >= 11 is 0. The number of aryl methyl sites for hydroxylation is 1. The summed E-state index contributed by atoms with van der Waals surface area (Å²) in [6.45, 7) is 2.65. The van der Waals surface area contributed by atoms with E-state index in [0.29, 0.717) is 12.2 Å². The zero-order valence-corrected chi connectivity index (χ0v) is 19.9. The van der Waals surface area contributed by atoms with E-state index >= 15 is 0 Å². The van der Waals surface area contributed by atoms with E-state index in [9.17, 15) is 9.59 Å². The van der Waals surface area contributed by atoms with Gasteiger partial charge in [-0.05, 0) is 49.0 Å². The number of nitrogen functional groups attached to an aromatic ring is 1. The van der Waals surface area contributed by atoms with Crippen molar-refractivity contribution in [1.82, 2.24) is 19.4 Å². The summed E-state index contributed by atoms with van der Waals surface area (Å²) in [6.07, 6.45) is 7.41. The van der Waals surface area contributed by atoms with Crippen molar-refractivity contribution in [2.75, 3.05) is 24.6 Å². The molecule has 1 aliphatic carbocycles. The van der Waals surface area contributed by atoms with Crippen molar-refractivity contribution in [1.29, 1.82) is 0 Å². The summed E-state index contributed by atoms with van der Waals surface area (Å²) in [5.74, 6) is 0.689. The third-order valence-electron chi connectivity index (χ3n) is 7.42. The van der Waals surface area contributed by atoms with Crippen molar-refractivity contribution in [3.05, 3.63) is 42.2 Å². The smallest absolute Gasteiger partial charge is 0.228 e. The molecule has 3 heterocycles. The maximum absolute atomic E-state index is 12.8. The number of nitrogens with one attached hydrogen (secondary N) is 1. The maximum Gasteiger partial charge on any atom is 0.228 e. The first kappa shape index (κ1) is 22.1. The molecule has 2 aliphatic rings. The topological polar surface area (TPSA) is 106 Å². The van der Waals surface area contributed by atoms with Gasteiger partial charge in [-0.15, -0.1) is 0 Å². The van der Waals surface area contributed by atoms with E-state index in [4.69, 9.17) is 5.73 Å². The molecule has 1 aliphatic heterocycles. The van der Waals surface area contributed by atoms with Gasteiger partial charge in [-0.3, -0.25) is 9.59 Å². The fraction of sp³-hybridized carbons (Fsp3) is 0.385. The molecule has 2 amide bonds. The van der Waals surface area contributed by atoms with Gasteiger partial charge in [-0.1, -0.05) is 25.1 Å². The number of carbonyl (C=O) groups is 2. The van der Waals surface area contributed by atoms with Crippen LogP contribution in [0.3, 0.4) is 0 Å². The first-order valence-electron chi connectivity index (χ1n) is 11.8. The summed E-state index contributed by atoms with van der Waals surface area (Å²) in [4.78, 5) is 35.3. The second-order valence-corrected chi connectivity index (χ2v) is 9.41. The van der Waals surface area contributed by atoms with Crippen molar-refractivity contribution in [3.8, 4) is 11.3 Å². The molecule has 3 aromatic rings. The minimum atomic E-state index is -0.274. The lowest BCUT2D eigenvalue weighted by Gasteiger charge is -2.31. The molecule has 1 saturated heterocycles. The van der Waals surface area contributed by atoms with Gasteiger partial charge in [0.05, 0.1) is 16.5 Å². The normalized spacial score (nSPS) is 20.3. The van der Waals surface area contributed by atoms with E-state index < -0.39 is 0 Å². The van der Waals surface area contributed by atoms with Crippen LogP contribution in [-0.2, 0) is 16.6 Å². The van der Waals surface area contributed by atoms with Crippen molar-refractivity contribution in [2.45, 2.75) is 39.0 Å². The van der Waals surface area contributed by atoms with Gasteiger partial charge in [0.2, 0.25) is 11.8 Å². The Morgan fingerprint density at radius 2 is 1.94 bits per heavy atom. The fourth-order valence-electron chi connectivity index (χ4n) is 5.43. The van der Waals surface area contributed by atoms with Gasteiger partial charge in [-0.25, -0.2) is 9.97 Å².